The average Bonchev–Trinajstić information content (AvgIpc) is 2.80. The van der Waals surface area contributed by atoms with Crippen molar-refractivity contribution in [3.05, 3.63) is 0 Å². The smallest absolute Gasteiger partial charge is 0.231 e. The van der Waals surface area contributed by atoms with E-state index in [9.17, 15) is 9.59 Å². The van der Waals surface area contributed by atoms with E-state index in [1.165, 1.54) is 69.0 Å². The fourth-order valence-corrected chi connectivity index (χ4v) is 3.72. The van der Waals surface area contributed by atoms with Gasteiger partial charge in [-0.1, -0.05) is 78.1 Å². The van der Waals surface area contributed by atoms with Gasteiger partial charge in [-0.25, -0.2) is 0 Å². The summed E-state index contributed by atoms with van der Waals surface area (Å²) in [6.07, 6.45) is 15.4. The minimum Gasteiger partial charge on any atom is -0.336 e. The van der Waals surface area contributed by atoms with Gasteiger partial charge in [0.05, 0.1) is 0 Å². The van der Waals surface area contributed by atoms with E-state index in [0.29, 0.717) is 12.3 Å². The number of unbranched alkanes of at least 4 members (excludes halogenated alkanes) is 8. The number of hydrogen-bond donors (Lipinski definition) is 0. The Morgan fingerprint density at radius 1 is 0.913 bits per heavy atom. The molecule has 1 aliphatic heterocycles. The van der Waals surface area contributed by atoms with Crippen LogP contribution in [0.5, 0.6) is 0 Å². The van der Waals surface area contributed by atoms with Crippen molar-refractivity contribution in [1.82, 2.24) is 4.81 Å². The summed E-state index contributed by atoms with van der Waals surface area (Å²) in [5.41, 5.74) is 0. The van der Waals surface area contributed by atoms with Crippen LogP contribution in [0.15, 0.2) is 0 Å². The largest absolute Gasteiger partial charge is 0.336 e. The van der Waals surface area contributed by atoms with Crippen LogP contribution in [0.2, 0.25) is 0 Å². The van der Waals surface area contributed by atoms with Gasteiger partial charge in [0.25, 0.3) is 0 Å². The van der Waals surface area contributed by atoms with E-state index in [1.807, 2.05) is 0 Å². The van der Waals surface area contributed by atoms with Gasteiger partial charge in [-0.15, -0.1) is 0 Å². The second-order valence-electron chi connectivity index (χ2n) is 7.27. The molecule has 1 fully saturated rings. The highest BCUT2D eigenvalue weighted by atomic mass is 16.2. The zero-order valence-corrected chi connectivity index (χ0v) is 15.6. The molecule has 0 spiro atoms. The van der Waals surface area contributed by atoms with Crippen LogP contribution in [0, 0.1) is 11.8 Å². The molecule has 0 aliphatic carbocycles. The van der Waals surface area contributed by atoms with Crippen molar-refractivity contribution in [3.63, 3.8) is 0 Å². The van der Waals surface area contributed by atoms with E-state index >= 15 is 0 Å². The minimum absolute atomic E-state index is 0.0157. The number of rotatable bonds is 13. The van der Waals surface area contributed by atoms with Gasteiger partial charge in [-0.05, 0) is 18.8 Å². The highest BCUT2D eigenvalue weighted by Gasteiger charge is 2.39. The molecule has 1 rings (SSSR count). The maximum Gasteiger partial charge on any atom is 0.231 e. The van der Waals surface area contributed by atoms with Gasteiger partial charge in [-0.3, -0.25) is 9.59 Å². The highest BCUT2D eigenvalue weighted by Crippen LogP contribution is 2.33. The van der Waals surface area contributed by atoms with Gasteiger partial charge >= 0.3 is 0 Å². The Kier molecular flexibility index (Phi) is 10.3. The summed E-state index contributed by atoms with van der Waals surface area (Å²) in [7, 11) is 1.64. The first kappa shape index (κ1) is 20.2. The lowest BCUT2D eigenvalue weighted by molar-refractivity contribution is -0.134. The van der Waals surface area contributed by atoms with Crippen LogP contribution in [0.4, 0.5) is 0 Å². The topological polar surface area (TPSA) is 37.4 Å². The molecule has 2 amide bonds. The molecule has 23 heavy (non-hydrogen) atoms. The lowest BCUT2D eigenvalue weighted by Crippen LogP contribution is -2.30. The van der Waals surface area contributed by atoms with E-state index in [0.717, 1.165) is 12.8 Å². The molecule has 0 saturated carbocycles. The van der Waals surface area contributed by atoms with Gasteiger partial charge in [0.1, 0.15) is 0 Å². The molecule has 0 N–H and O–H groups in total. The first-order valence-electron chi connectivity index (χ1n) is 9.92. The van der Waals surface area contributed by atoms with Crippen LogP contribution in [-0.4, -0.2) is 24.6 Å². The third kappa shape index (κ3) is 7.09. The third-order valence-corrected chi connectivity index (χ3v) is 5.34. The zero-order valence-electron chi connectivity index (χ0n) is 15.6. The Bertz CT molecular complexity index is 345. The molecule has 132 valence electrons. The van der Waals surface area contributed by atoms with E-state index in [1.54, 1.807) is 7.98 Å². The molecular formula is C19H36BNO2. The number of nitrogens with zero attached hydrogens (tertiary/aromatic N) is 1. The monoisotopic (exact) mass is 321 g/mol. The Hall–Kier alpha value is -0.795. The minimum atomic E-state index is -0.0372. The molecule has 1 aliphatic rings. The molecular weight excluding hydrogens is 285 g/mol. The van der Waals surface area contributed by atoms with Crippen molar-refractivity contribution >= 4 is 19.8 Å². The van der Waals surface area contributed by atoms with E-state index < -0.39 is 0 Å². The maximum atomic E-state index is 12.3. The Morgan fingerprint density at radius 2 is 1.39 bits per heavy atom. The van der Waals surface area contributed by atoms with Crippen molar-refractivity contribution < 1.29 is 9.59 Å². The normalized spacial score (nSPS) is 18.4. The van der Waals surface area contributed by atoms with E-state index in [-0.39, 0.29) is 17.7 Å². The predicted molar refractivity (Wildman–Crippen MR) is 98.7 cm³/mol. The quantitative estimate of drug-likeness (QED) is 0.289. The van der Waals surface area contributed by atoms with Crippen LogP contribution >= 0.6 is 0 Å². The van der Waals surface area contributed by atoms with Crippen LogP contribution < -0.4 is 0 Å². The number of amides is 2. The van der Waals surface area contributed by atoms with Crippen LogP contribution in [0.1, 0.15) is 97.3 Å². The molecule has 1 atom stereocenters. The van der Waals surface area contributed by atoms with Crippen molar-refractivity contribution in [2.45, 2.75) is 97.3 Å². The SMILES string of the molecule is BN1C(=O)CC(C(CCCCCCC)CCCCCCC)C1=O. The lowest BCUT2D eigenvalue weighted by atomic mass is 9.82. The first-order chi connectivity index (χ1) is 11.1. The van der Waals surface area contributed by atoms with E-state index in [2.05, 4.69) is 13.8 Å². The van der Waals surface area contributed by atoms with E-state index in [4.69, 9.17) is 0 Å². The molecule has 4 heteroatoms. The molecule has 1 unspecified atom stereocenters. The second kappa shape index (κ2) is 11.7. The first-order valence-corrected chi connectivity index (χ1v) is 9.92. The van der Waals surface area contributed by atoms with Gasteiger partial charge < -0.3 is 4.81 Å². The summed E-state index contributed by atoms with van der Waals surface area (Å²) in [5, 5.41) is 0. The zero-order chi connectivity index (χ0) is 17.1. The average molecular weight is 321 g/mol. The molecule has 0 bridgehead atoms. The van der Waals surface area contributed by atoms with Gasteiger partial charge in [-0.2, -0.15) is 0 Å². The summed E-state index contributed by atoms with van der Waals surface area (Å²) in [6, 6.07) is 0. The molecule has 1 saturated heterocycles. The van der Waals surface area contributed by atoms with Crippen molar-refractivity contribution in [3.8, 4) is 0 Å². The van der Waals surface area contributed by atoms with Crippen molar-refractivity contribution in [2.75, 3.05) is 0 Å². The van der Waals surface area contributed by atoms with Crippen molar-refractivity contribution in [1.29, 1.82) is 0 Å². The number of carbonyl (C=O) groups excluding carboxylic acids is 2. The van der Waals surface area contributed by atoms with Gasteiger partial charge in [0.15, 0.2) is 0 Å². The summed E-state index contributed by atoms with van der Waals surface area (Å²) >= 11 is 0. The predicted octanol–water partition coefficient (Wildman–Crippen LogP) is 4.25. The number of hydrogen-bond acceptors (Lipinski definition) is 2. The fraction of sp³-hybridized carbons (Fsp3) is 0.895. The van der Waals surface area contributed by atoms with Crippen molar-refractivity contribution in [2.24, 2.45) is 11.8 Å². The summed E-state index contributed by atoms with van der Waals surface area (Å²) in [5.74, 6) is 0.466. The Labute approximate surface area is 144 Å². The van der Waals surface area contributed by atoms with Crippen LogP contribution in [0.25, 0.3) is 0 Å². The molecule has 1 heterocycles. The van der Waals surface area contributed by atoms with Crippen LogP contribution in [0.3, 0.4) is 0 Å². The van der Waals surface area contributed by atoms with Gasteiger partial charge in [0, 0.05) is 12.3 Å². The highest BCUT2D eigenvalue weighted by molar-refractivity contribution is 6.27. The molecule has 0 radical (unpaired) electrons. The molecule has 3 nitrogen and oxygen atoms in total. The summed E-state index contributed by atoms with van der Waals surface area (Å²) < 4.78 is 0. The standard InChI is InChI=1S/C19H36BNO2/c1-3-5-7-9-11-13-16(14-12-10-8-6-4-2)17-15-18(22)21(20)19(17)23/h16-17H,3-15,20H2,1-2H3. The maximum absolute atomic E-state index is 12.3. The lowest BCUT2D eigenvalue weighted by Gasteiger charge is -2.22. The fourth-order valence-electron chi connectivity index (χ4n) is 3.72. The number of imide groups is 1. The number of carbonyl (C=O) groups is 2. The molecule has 0 aromatic heterocycles. The summed E-state index contributed by atoms with van der Waals surface area (Å²) in [4.78, 5) is 25.5. The van der Waals surface area contributed by atoms with Crippen LogP contribution in [-0.2, 0) is 9.59 Å². The molecule has 0 aromatic rings. The Morgan fingerprint density at radius 3 is 1.78 bits per heavy atom. The van der Waals surface area contributed by atoms with Gasteiger partial charge in [0.2, 0.25) is 19.8 Å². The second-order valence-corrected chi connectivity index (χ2v) is 7.27. The third-order valence-electron chi connectivity index (χ3n) is 5.34. The Balaban J connectivity index is 2.44. The molecule has 0 aromatic carbocycles. The summed E-state index contributed by atoms with van der Waals surface area (Å²) in [6.45, 7) is 4.47.